The highest BCUT2D eigenvalue weighted by Crippen LogP contribution is 2.28. The summed E-state index contributed by atoms with van der Waals surface area (Å²) >= 11 is 0. The van der Waals surface area contributed by atoms with Gasteiger partial charge in [-0.3, -0.25) is 9.79 Å². The monoisotopic (exact) mass is 283 g/mol. The van der Waals surface area contributed by atoms with Gasteiger partial charge in [0.15, 0.2) is 0 Å². The zero-order valence-electron chi connectivity index (χ0n) is 11.7. The minimum atomic E-state index is -0.525. The first-order valence-electron chi connectivity index (χ1n) is 6.81. The summed E-state index contributed by atoms with van der Waals surface area (Å²) in [6.45, 7) is 3.46. The zero-order valence-corrected chi connectivity index (χ0v) is 11.7. The molecular formula is C16H14FN3O. The summed E-state index contributed by atoms with van der Waals surface area (Å²) in [4.78, 5) is 17.9. The number of carbonyl (C=O) groups is 1. The van der Waals surface area contributed by atoms with Crippen molar-refractivity contribution in [2.75, 3.05) is 19.6 Å². The highest BCUT2D eigenvalue weighted by molar-refractivity contribution is 6.15. The van der Waals surface area contributed by atoms with Crippen LogP contribution >= 0.6 is 0 Å². The Morgan fingerprint density at radius 1 is 1.48 bits per heavy atom. The average Bonchev–Trinajstić information content (AvgIpc) is 2.90. The van der Waals surface area contributed by atoms with Crippen LogP contribution in [0.15, 0.2) is 34.3 Å². The van der Waals surface area contributed by atoms with Gasteiger partial charge in [-0.05, 0) is 35.8 Å². The van der Waals surface area contributed by atoms with Gasteiger partial charge < -0.3 is 4.90 Å². The molecule has 1 amide bonds. The standard InChI is InChI=1S/C16H14FN3O/c1-10(21)20-5-4-12-8-19-16(14(12)9-20)11-2-3-15(17)13(6-11)7-18/h2-3,6H,4-5,8-9H2,1H3. The number of amides is 1. The first-order chi connectivity index (χ1) is 10.1. The van der Waals surface area contributed by atoms with Crippen molar-refractivity contribution >= 4 is 11.6 Å². The fourth-order valence-electron chi connectivity index (χ4n) is 2.78. The van der Waals surface area contributed by atoms with Crippen LogP contribution in [0.2, 0.25) is 0 Å². The van der Waals surface area contributed by atoms with E-state index in [-0.39, 0.29) is 11.5 Å². The van der Waals surface area contributed by atoms with Crippen LogP contribution in [0.3, 0.4) is 0 Å². The van der Waals surface area contributed by atoms with Gasteiger partial charge in [-0.1, -0.05) is 0 Å². The summed E-state index contributed by atoms with van der Waals surface area (Å²) in [5.74, 6) is -0.479. The summed E-state index contributed by atoms with van der Waals surface area (Å²) in [6, 6.07) is 6.30. The fourth-order valence-corrected chi connectivity index (χ4v) is 2.78. The quantitative estimate of drug-likeness (QED) is 0.792. The van der Waals surface area contributed by atoms with Gasteiger partial charge in [-0.25, -0.2) is 4.39 Å². The second-order valence-electron chi connectivity index (χ2n) is 5.24. The molecule has 2 aliphatic rings. The van der Waals surface area contributed by atoms with Crippen molar-refractivity contribution in [1.29, 1.82) is 5.26 Å². The largest absolute Gasteiger partial charge is 0.338 e. The van der Waals surface area contributed by atoms with E-state index < -0.39 is 5.82 Å². The number of rotatable bonds is 1. The smallest absolute Gasteiger partial charge is 0.219 e. The van der Waals surface area contributed by atoms with Crippen LogP contribution in [0.1, 0.15) is 24.5 Å². The lowest BCUT2D eigenvalue weighted by Gasteiger charge is -2.27. The Hall–Kier alpha value is -2.48. The molecule has 0 N–H and O–H groups in total. The highest BCUT2D eigenvalue weighted by Gasteiger charge is 2.28. The van der Waals surface area contributed by atoms with Gasteiger partial charge in [0, 0.05) is 25.6 Å². The van der Waals surface area contributed by atoms with Gasteiger partial charge in [0.05, 0.1) is 17.8 Å². The molecule has 2 aliphatic heterocycles. The molecule has 5 heteroatoms. The molecule has 0 unspecified atom stereocenters. The second-order valence-corrected chi connectivity index (χ2v) is 5.24. The molecule has 1 aromatic rings. The lowest BCUT2D eigenvalue weighted by atomic mass is 9.94. The van der Waals surface area contributed by atoms with E-state index in [0.29, 0.717) is 13.1 Å². The van der Waals surface area contributed by atoms with E-state index >= 15 is 0 Å². The third kappa shape index (κ3) is 2.33. The van der Waals surface area contributed by atoms with Crippen LogP contribution in [0, 0.1) is 17.1 Å². The molecule has 0 aromatic heterocycles. The van der Waals surface area contributed by atoms with Crippen molar-refractivity contribution in [2.24, 2.45) is 4.99 Å². The van der Waals surface area contributed by atoms with Crippen LogP contribution in [-0.4, -0.2) is 36.2 Å². The van der Waals surface area contributed by atoms with E-state index in [4.69, 9.17) is 5.26 Å². The molecule has 0 radical (unpaired) electrons. The number of nitriles is 1. The van der Waals surface area contributed by atoms with Crippen LogP contribution < -0.4 is 0 Å². The summed E-state index contributed by atoms with van der Waals surface area (Å²) in [5.41, 5.74) is 3.83. The molecule has 2 heterocycles. The molecule has 0 fully saturated rings. The molecule has 0 saturated heterocycles. The van der Waals surface area contributed by atoms with E-state index in [1.165, 1.54) is 17.7 Å². The molecule has 106 valence electrons. The molecular weight excluding hydrogens is 269 g/mol. The fraction of sp³-hybridized carbons (Fsp3) is 0.312. The molecule has 3 rings (SSSR count). The third-order valence-electron chi connectivity index (χ3n) is 3.98. The Bertz CT molecular complexity index is 728. The molecule has 0 aliphatic carbocycles. The van der Waals surface area contributed by atoms with Crippen molar-refractivity contribution in [3.05, 3.63) is 46.3 Å². The van der Waals surface area contributed by atoms with E-state index in [1.807, 2.05) is 6.07 Å². The number of halogens is 1. The summed E-state index contributed by atoms with van der Waals surface area (Å²) in [6.07, 6.45) is 0.828. The minimum Gasteiger partial charge on any atom is -0.338 e. The normalized spacial score (nSPS) is 17.4. The Kier molecular flexibility index (Phi) is 3.30. The number of aliphatic imine (C=N–C) groups is 1. The van der Waals surface area contributed by atoms with Gasteiger partial charge in [-0.2, -0.15) is 5.26 Å². The van der Waals surface area contributed by atoms with Gasteiger partial charge in [0.1, 0.15) is 11.9 Å². The van der Waals surface area contributed by atoms with Crippen molar-refractivity contribution in [3.63, 3.8) is 0 Å². The molecule has 0 atom stereocenters. The first kappa shape index (κ1) is 13.5. The van der Waals surface area contributed by atoms with E-state index in [0.717, 1.165) is 29.8 Å². The Morgan fingerprint density at radius 3 is 3.00 bits per heavy atom. The predicted molar refractivity (Wildman–Crippen MR) is 76.4 cm³/mol. The lowest BCUT2D eigenvalue weighted by Crippen LogP contribution is -2.36. The Morgan fingerprint density at radius 2 is 2.29 bits per heavy atom. The average molecular weight is 283 g/mol. The number of hydrogen-bond donors (Lipinski definition) is 0. The molecule has 0 saturated carbocycles. The van der Waals surface area contributed by atoms with Crippen LogP contribution in [0.4, 0.5) is 4.39 Å². The van der Waals surface area contributed by atoms with Crippen LogP contribution in [-0.2, 0) is 4.79 Å². The van der Waals surface area contributed by atoms with Gasteiger partial charge >= 0.3 is 0 Å². The third-order valence-corrected chi connectivity index (χ3v) is 3.98. The second kappa shape index (κ2) is 5.13. The number of nitrogens with zero attached hydrogens (tertiary/aromatic N) is 3. The molecule has 1 aromatic carbocycles. The van der Waals surface area contributed by atoms with Crippen molar-refractivity contribution in [3.8, 4) is 6.07 Å². The molecule has 4 nitrogen and oxygen atoms in total. The molecule has 21 heavy (non-hydrogen) atoms. The molecule has 0 bridgehead atoms. The number of benzene rings is 1. The van der Waals surface area contributed by atoms with Gasteiger partial charge in [0.2, 0.25) is 5.91 Å². The summed E-state index contributed by atoms with van der Waals surface area (Å²) < 4.78 is 13.4. The summed E-state index contributed by atoms with van der Waals surface area (Å²) in [7, 11) is 0. The predicted octanol–water partition coefficient (Wildman–Crippen LogP) is 2.05. The van der Waals surface area contributed by atoms with E-state index in [2.05, 4.69) is 4.99 Å². The van der Waals surface area contributed by atoms with E-state index in [1.54, 1.807) is 17.9 Å². The number of hydrogen-bond acceptors (Lipinski definition) is 3. The first-order valence-corrected chi connectivity index (χ1v) is 6.81. The zero-order chi connectivity index (χ0) is 15.0. The van der Waals surface area contributed by atoms with Crippen LogP contribution in [0.25, 0.3) is 0 Å². The topological polar surface area (TPSA) is 56.5 Å². The van der Waals surface area contributed by atoms with Gasteiger partial charge in [-0.15, -0.1) is 0 Å². The van der Waals surface area contributed by atoms with Crippen LogP contribution in [0.5, 0.6) is 0 Å². The Labute approximate surface area is 122 Å². The summed E-state index contributed by atoms with van der Waals surface area (Å²) in [5, 5.41) is 8.94. The van der Waals surface area contributed by atoms with Crippen molar-refractivity contribution in [1.82, 2.24) is 4.90 Å². The maximum Gasteiger partial charge on any atom is 0.219 e. The maximum atomic E-state index is 13.4. The van der Waals surface area contributed by atoms with Crippen molar-refractivity contribution < 1.29 is 9.18 Å². The SMILES string of the molecule is CC(=O)N1CCC2=C(C1)C(c1ccc(F)c(C#N)c1)=NC2. The van der Waals surface area contributed by atoms with Gasteiger partial charge in [0.25, 0.3) is 0 Å². The number of carbonyl (C=O) groups excluding carboxylic acids is 1. The molecule has 0 spiro atoms. The minimum absolute atomic E-state index is 0.0171. The van der Waals surface area contributed by atoms with E-state index in [9.17, 15) is 9.18 Å². The maximum absolute atomic E-state index is 13.4. The van der Waals surface area contributed by atoms with Crippen molar-refractivity contribution in [2.45, 2.75) is 13.3 Å². The highest BCUT2D eigenvalue weighted by atomic mass is 19.1. The lowest BCUT2D eigenvalue weighted by molar-refractivity contribution is -0.128. The Balaban J connectivity index is 1.96.